The molecular weight excluding hydrogens is 343 g/mol. The molecule has 142 valence electrons. The number of piperidine rings is 1. The van der Waals surface area contributed by atoms with Crippen LogP contribution in [0.5, 0.6) is 11.5 Å². The molecule has 1 spiro atoms. The van der Waals surface area contributed by atoms with Gasteiger partial charge in [-0.2, -0.15) is 0 Å². The zero-order valence-electron chi connectivity index (χ0n) is 15.4. The van der Waals surface area contributed by atoms with Gasteiger partial charge in [0.2, 0.25) is 0 Å². The maximum atomic E-state index is 13.3. The molecule has 0 saturated carbocycles. The fraction of sp³-hybridized carbons (Fsp3) is 0.455. The number of nitrogens with zero attached hydrogens (tertiary/aromatic N) is 1. The normalized spacial score (nSPS) is 22.9. The minimum Gasteiger partial charge on any atom is -0.487 e. The van der Waals surface area contributed by atoms with Gasteiger partial charge in [0.1, 0.15) is 17.2 Å². The maximum absolute atomic E-state index is 13.3. The molecule has 1 fully saturated rings. The van der Waals surface area contributed by atoms with Crippen LogP contribution in [0.2, 0.25) is 0 Å². The predicted molar refractivity (Wildman–Crippen MR) is 101 cm³/mol. The van der Waals surface area contributed by atoms with Crippen molar-refractivity contribution in [1.29, 1.82) is 0 Å². The number of halogens is 1. The van der Waals surface area contributed by atoms with E-state index in [1.54, 1.807) is 0 Å². The largest absolute Gasteiger partial charge is 0.487 e. The molecule has 1 atom stereocenters. The van der Waals surface area contributed by atoms with Crippen LogP contribution in [-0.2, 0) is 6.42 Å². The Labute approximate surface area is 159 Å². The van der Waals surface area contributed by atoms with Gasteiger partial charge in [-0.25, -0.2) is 4.39 Å². The molecule has 0 radical (unpaired) electrons. The minimum atomic E-state index is -0.255. The highest BCUT2D eigenvalue weighted by Crippen LogP contribution is 2.41. The van der Waals surface area contributed by atoms with Crippen molar-refractivity contribution in [2.75, 3.05) is 19.6 Å². The van der Waals surface area contributed by atoms with Crippen molar-refractivity contribution in [3.8, 4) is 11.5 Å². The fourth-order valence-electron chi connectivity index (χ4n) is 4.64. The Morgan fingerprint density at radius 2 is 1.96 bits per heavy atom. The molecule has 3 aliphatic heterocycles. The lowest BCUT2D eigenvalue weighted by atomic mass is 9.87. The number of nitrogens with one attached hydrogen (secondary N) is 1. The molecule has 3 heterocycles. The smallest absolute Gasteiger partial charge is 0.154 e. The van der Waals surface area contributed by atoms with Crippen molar-refractivity contribution < 1.29 is 14.0 Å². The van der Waals surface area contributed by atoms with E-state index in [1.807, 2.05) is 6.07 Å². The van der Waals surface area contributed by atoms with Crippen LogP contribution in [0.3, 0.4) is 0 Å². The summed E-state index contributed by atoms with van der Waals surface area (Å²) in [7, 11) is 0. The molecule has 1 N–H and O–H groups in total. The summed E-state index contributed by atoms with van der Waals surface area (Å²) in [6.07, 6.45) is 5.31. The van der Waals surface area contributed by atoms with Gasteiger partial charge in [0.05, 0.1) is 6.04 Å². The second kappa shape index (κ2) is 6.80. The average Bonchev–Trinajstić information content (AvgIpc) is 3.24. The van der Waals surface area contributed by atoms with Crippen LogP contribution in [0.1, 0.15) is 42.9 Å². The van der Waals surface area contributed by atoms with Crippen molar-refractivity contribution in [2.45, 2.75) is 43.7 Å². The molecule has 27 heavy (non-hydrogen) atoms. The van der Waals surface area contributed by atoms with E-state index in [0.717, 1.165) is 63.1 Å². The number of para-hydroxylation sites is 1. The highest BCUT2D eigenvalue weighted by Gasteiger charge is 2.41. The highest BCUT2D eigenvalue weighted by molar-refractivity contribution is 5.40. The van der Waals surface area contributed by atoms with Crippen LogP contribution in [0, 0.1) is 5.82 Å². The first-order valence-corrected chi connectivity index (χ1v) is 9.92. The Morgan fingerprint density at radius 1 is 1.11 bits per heavy atom. The number of fused-ring (bicyclic) bond motifs is 2. The summed E-state index contributed by atoms with van der Waals surface area (Å²) < 4.78 is 19.6. The zero-order chi connectivity index (χ0) is 18.3. The molecule has 5 rings (SSSR count). The van der Waals surface area contributed by atoms with Crippen molar-refractivity contribution in [3.63, 3.8) is 0 Å². The summed E-state index contributed by atoms with van der Waals surface area (Å²) in [5.74, 6) is 1.45. The van der Waals surface area contributed by atoms with E-state index < -0.39 is 0 Å². The van der Waals surface area contributed by atoms with Crippen LogP contribution in [0.4, 0.5) is 4.39 Å². The van der Waals surface area contributed by atoms with Gasteiger partial charge in [-0.05, 0) is 37.1 Å². The second-order valence-electron chi connectivity index (χ2n) is 8.01. The topological polar surface area (TPSA) is 33.7 Å². The average molecular weight is 368 g/mol. The molecule has 0 bridgehead atoms. The SMILES string of the molecule is Fc1ccc2c(c1)ONC2CCCN1CCC2(CC1)Cc1ccccc1O2. The first-order valence-electron chi connectivity index (χ1n) is 9.92. The Kier molecular flexibility index (Phi) is 4.29. The maximum Gasteiger partial charge on any atom is 0.154 e. The number of hydroxylamine groups is 1. The van der Waals surface area contributed by atoms with E-state index in [9.17, 15) is 4.39 Å². The number of rotatable bonds is 4. The highest BCUT2D eigenvalue weighted by atomic mass is 19.1. The molecule has 2 aromatic rings. The van der Waals surface area contributed by atoms with E-state index in [1.165, 1.54) is 17.7 Å². The quantitative estimate of drug-likeness (QED) is 0.884. The standard InChI is InChI=1S/C22H25FN2O2/c23-17-7-8-18-19(24-27-21(18)14-17)5-3-11-25-12-9-22(10-13-25)15-16-4-1-2-6-20(16)26-22/h1-2,4,6-8,14,19,24H,3,5,9-13,15H2. The lowest BCUT2D eigenvalue weighted by Gasteiger charge is -2.38. The molecular formula is C22H25FN2O2. The Bertz CT molecular complexity index is 806. The number of hydrogen-bond acceptors (Lipinski definition) is 4. The molecule has 4 nitrogen and oxygen atoms in total. The molecule has 0 amide bonds. The fourth-order valence-corrected chi connectivity index (χ4v) is 4.64. The Morgan fingerprint density at radius 3 is 2.81 bits per heavy atom. The number of likely N-dealkylation sites (tertiary alicyclic amines) is 1. The predicted octanol–water partition coefficient (Wildman–Crippen LogP) is 4.01. The van der Waals surface area contributed by atoms with Gasteiger partial charge in [-0.1, -0.05) is 24.3 Å². The van der Waals surface area contributed by atoms with Gasteiger partial charge in [-0.3, -0.25) is 0 Å². The molecule has 0 aromatic heterocycles. The summed E-state index contributed by atoms with van der Waals surface area (Å²) in [6.45, 7) is 3.26. The van der Waals surface area contributed by atoms with E-state index in [0.29, 0.717) is 5.75 Å². The third-order valence-corrected chi connectivity index (χ3v) is 6.21. The molecule has 1 unspecified atom stereocenters. The summed E-state index contributed by atoms with van der Waals surface area (Å²) in [4.78, 5) is 7.95. The molecule has 5 heteroatoms. The monoisotopic (exact) mass is 368 g/mol. The lowest BCUT2D eigenvalue weighted by molar-refractivity contribution is 0.0187. The Hall–Kier alpha value is -2.11. The number of ether oxygens (including phenoxy) is 1. The van der Waals surface area contributed by atoms with E-state index in [4.69, 9.17) is 9.57 Å². The van der Waals surface area contributed by atoms with E-state index in [2.05, 4.69) is 34.6 Å². The van der Waals surface area contributed by atoms with Crippen molar-refractivity contribution in [2.24, 2.45) is 0 Å². The first kappa shape index (κ1) is 17.0. The van der Waals surface area contributed by atoms with Crippen molar-refractivity contribution in [3.05, 3.63) is 59.4 Å². The minimum absolute atomic E-state index is 0.0179. The second-order valence-corrected chi connectivity index (χ2v) is 8.01. The molecule has 1 saturated heterocycles. The number of hydrogen-bond donors (Lipinski definition) is 1. The first-order chi connectivity index (χ1) is 13.2. The van der Waals surface area contributed by atoms with Crippen LogP contribution in [0.15, 0.2) is 42.5 Å². The van der Waals surface area contributed by atoms with Crippen molar-refractivity contribution >= 4 is 0 Å². The van der Waals surface area contributed by atoms with Gasteiger partial charge >= 0.3 is 0 Å². The number of benzene rings is 2. The van der Waals surface area contributed by atoms with Crippen LogP contribution < -0.4 is 15.1 Å². The summed E-state index contributed by atoms with van der Waals surface area (Å²) >= 11 is 0. The van der Waals surface area contributed by atoms with Crippen LogP contribution in [-0.4, -0.2) is 30.1 Å². The molecule has 3 aliphatic rings. The van der Waals surface area contributed by atoms with Crippen LogP contribution in [0.25, 0.3) is 0 Å². The summed E-state index contributed by atoms with van der Waals surface area (Å²) in [5, 5.41) is 0. The summed E-state index contributed by atoms with van der Waals surface area (Å²) in [6, 6.07) is 13.4. The van der Waals surface area contributed by atoms with Gasteiger partial charge < -0.3 is 14.5 Å². The van der Waals surface area contributed by atoms with Gasteiger partial charge in [0.25, 0.3) is 0 Å². The Balaban J connectivity index is 1.10. The van der Waals surface area contributed by atoms with Crippen molar-refractivity contribution in [1.82, 2.24) is 10.4 Å². The lowest BCUT2D eigenvalue weighted by Crippen LogP contribution is -2.47. The molecule has 0 aliphatic carbocycles. The zero-order valence-corrected chi connectivity index (χ0v) is 15.4. The third-order valence-electron chi connectivity index (χ3n) is 6.21. The third kappa shape index (κ3) is 3.30. The summed E-state index contributed by atoms with van der Waals surface area (Å²) in [5.41, 5.74) is 5.47. The van der Waals surface area contributed by atoms with Crippen LogP contribution >= 0.6 is 0 Å². The van der Waals surface area contributed by atoms with Gasteiger partial charge in [0.15, 0.2) is 5.75 Å². The molecule has 2 aromatic carbocycles. The van der Waals surface area contributed by atoms with E-state index >= 15 is 0 Å². The van der Waals surface area contributed by atoms with E-state index in [-0.39, 0.29) is 17.5 Å². The van der Waals surface area contributed by atoms with Gasteiger partial charge in [0, 0.05) is 44.0 Å². The van der Waals surface area contributed by atoms with Gasteiger partial charge in [-0.15, -0.1) is 5.48 Å².